The van der Waals surface area contributed by atoms with Crippen LogP contribution < -0.4 is 10.6 Å². The number of hydrogen-bond acceptors (Lipinski definition) is 4. The van der Waals surface area contributed by atoms with Crippen molar-refractivity contribution in [3.63, 3.8) is 0 Å². The van der Waals surface area contributed by atoms with E-state index in [-0.39, 0.29) is 18.6 Å². The number of hydrogen-bond donors (Lipinski definition) is 3. The van der Waals surface area contributed by atoms with Crippen molar-refractivity contribution in [3.8, 4) is 0 Å². The van der Waals surface area contributed by atoms with Crippen molar-refractivity contribution < 1.29 is 9.90 Å². The molecule has 6 heteroatoms. The molecule has 0 aliphatic carbocycles. The summed E-state index contributed by atoms with van der Waals surface area (Å²) in [6.45, 7) is 4.02. The van der Waals surface area contributed by atoms with Crippen LogP contribution in [0.3, 0.4) is 0 Å². The van der Waals surface area contributed by atoms with E-state index in [1.807, 2.05) is 43.6 Å². The average molecular weight is 374 g/mol. The van der Waals surface area contributed by atoms with Gasteiger partial charge in [-0.05, 0) is 43.8 Å². The summed E-state index contributed by atoms with van der Waals surface area (Å²) < 4.78 is 0. The highest BCUT2D eigenvalue weighted by atomic mass is 32.1. The molecule has 140 valence electrons. The largest absolute Gasteiger partial charge is 0.388 e. The van der Waals surface area contributed by atoms with Gasteiger partial charge >= 0.3 is 6.03 Å². The normalized spacial score (nSPS) is 18.3. The molecule has 3 rings (SSSR count). The third kappa shape index (κ3) is 4.84. The maximum absolute atomic E-state index is 12.5. The fraction of sp³-hybridized carbons (Fsp3) is 0.450. The van der Waals surface area contributed by atoms with Crippen molar-refractivity contribution in [1.82, 2.24) is 15.5 Å². The summed E-state index contributed by atoms with van der Waals surface area (Å²) in [7, 11) is 2.05. The fourth-order valence-corrected chi connectivity index (χ4v) is 3.97. The van der Waals surface area contributed by atoms with Gasteiger partial charge < -0.3 is 20.6 Å². The lowest BCUT2D eigenvalue weighted by molar-refractivity contribution is -0.0123. The minimum atomic E-state index is -0.813. The van der Waals surface area contributed by atoms with Gasteiger partial charge in [0.25, 0.3) is 0 Å². The number of nitrogens with zero attached hydrogens (tertiary/aromatic N) is 1. The number of piperidine rings is 1. The highest BCUT2D eigenvalue weighted by Gasteiger charge is 2.31. The van der Waals surface area contributed by atoms with Gasteiger partial charge in [-0.1, -0.05) is 35.9 Å². The Morgan fingerprint density at radius 1 is 1.27 bits per heavy atom. The molecule has 0 spiro atoms. The van der Waals surface area contributed by atoms with Crippen LogP contribution in [0.1, 0.15) is 34.9 Å². The minimum Gasteiger partial charge on any atom is -0.388 e. The van der Waals surface area contributed by atoms with Gasteiger partial charge in [0, 0.05) is 24.5 Å². The first kappa shape index (κ1) is 18.9. The summed E-state index contributed by atoms with van der Waals surface area (Å²) in [5, 5.41) is 18.6. The van der Waals surface area contributed by atoms with Crippen molar-refractivity contribution in [2.75, 3.05) is 26.7 Å². The summed E-state index contributed by atoms with van der Waals surface area (Å²) >= 11 is 1.62. The zero-order valence-electron chi connectivity index (χ0n) is 15.4. The van der Waals surface area contributed by atoms with Gasteiger partial charge in [0.05, 0.1) is 11.6 Å². The van der Waals surface area contributed by atoms with Crippen LogP contribution in [0, 0.1) is 6.92 Å². The van der Waals surface area contributed by atoms with Crippen LogP contribution in [0.4, 0.5) is 4.79 Å². The topological polar surface area (TPSA) is 64.6 Å². The lowest BCUT2D eigenvalue weighted by atomic mass is 9.92. The molecule has 3 N–H and O–H groups in total. The number of thiophene rings is 1. The standard InChI is InChI=1S/C20H27N3O2S/c1-15-5-7-16(8-6-15)18(17-4-3-13-26-17)22-19(24)21-14-20(25)9-11-23(2)12-10-20/h3-8,13,18,25H,9-12,14H2,1-2H3,(H2,21,22,24). The van der Waals surface area contributed by atoms with E-state index in [2.05, 4.69) is 27.7 Å². The molecule has 1 unspecified atom stereocenters. The Kier molecular flexibility index (Phi) is 5.96. The molecule has 1 aliphatic heterocycles. The molecule has 2 amide bonds. The Morgan fingerprint density at radius 2 is 1.96 bits per heavy atom. The molecule has 0 saturated carbocycles. The summed E-state index contributed by atoms with van der Waals surface area (Å²) in [6.07, 6.45) is 1.35. The Bertz CT molecular complexity index is 707. The summed E-state index contributed by atoms with van der Waals surface area (Å²) in [5.41, 5.74) is 1.42. The van der Waals surface area contributed by atoms with Crippen LogP contribution in [0.5, 0.6) is 0 Å². The van der Waals surface area contributed by atoms with Gasteiger partial charge in [0.15, 0.2) is 0 Å². The van der Waals surface area contributed by atoms with E-state index in [9.17, 15) is 9.90 Å². The van der Waals surface area contributed by atoms with Crippen molar-refractivity contribution in [2.45, 2.75) is 31.4 Å². The van der Waals surface area contributed by atoms with Crippen LogP contribution in [0.2, 0.25) is 0 Å². The van der Waals surface area contributed by atoms with Gasteiger partial charge in [-0.25, -0.2) is 4.79 Å². The summed E-state index contributed by atoms with van der Waals surface area (Å²) in [6, 6.07) is 11.8. The van der Waals surface area contributed by atoms with Gasteiger partial charge in [0.2, 0.25) is 0 Å². The van der Waals surface area contributed by atoms with Crippen molar-refractivity contribution >= 4 is 17.4 Å². The van der Waals surface area contributed by atoms with E-state index in [1.54, 1.807) is 11.3 Å². The van der Waals surface area contributed by atoms with Crippen LogP contribution in [-0.4, -0.2) is 48.3 Å². The molecule has 1 atom stereocenters. The van der Waals surface area contributed by atoms with Crippen molar-refractivity contribution in [2.24, 2.45) is 0 Å². The average Bonchev–Trinajstić information content (AvgIpc) is 3.16. The van der Waals surface area contributed by atoms with Gasteiger partial charge in [0.1, 0.15) is 0 Å². The quantitative estimate of drug-likeness (QED) is 0.755. The molecule has 26 heavy (non-hydrogen) atoms. The lowest BCUT2D eigenvalue weighted by Gasteiger charge is -2.36. The number of benzene rings is 1. The number of carbonyl (C=O) groups is 1. The Balaban J connectivity index is 1.63. The van der Waals surface area contributed by atoms with Gasteiger partial charge in [-0.15, -0.1) is 11.3 Å². The second-order valence-corrected chi connectivity index (χ2v) is 8.19. The fourth-order valence-electron chi connectivity index (χ4n) is 3.17. The molecule has 1 aliphatic rings. The number of nitrogens with one attached hydrogen (secondary N) is 2. The zero-order valence-corrected chi connectivity index (χ0v) is 16.2. The number of urea groups is 1. The number of amides is 2. The third-order valence-electron chi connectivity index (χ3n) is 5.01. The number of aryl methyl sites for hydroxylation is 1. The van der Waals surface area contributed by atoms with E-state index in [0.29, 0.717) is 12.8 Å². The van der Waals surface area contributed by atoms with E-state index < -0.39 is 5.60 Å². The molecule has 1 fully saturated rings. The first-order valence-corrected chi connectivity index (χ1v) is 9.88. The Labute approximate surface area is 159 Å². The molecule has 5 nitrogen and oxygen atoms in total. The second-order valence-electron chi connectivity index (χ2n) is 7.21. The number of aliphatic hydroxyl groups is 1. The highest BCUT2D eigenvalue weighted by Crippen LogP contribution is 2.26. The zero-order chi connectivity index (χ0) is 18.6. The Morgan fingerprint density at radius 3 is 2.58 bits per heavy atom. The molecule has 1 saturated heterocycles. The van der Waals surface area contributed by atoms with Crippen LogP contribution >= 0.6 is 11.3 Å². The molecular formula is C20H27N3O2S. The van der Waals surface area contributed by atoms with Gasteiger partial charge in [-0.2, -0.15) is 0 Å². The van der Waals surface area contributed by atoms with Crippen LogP contribution in [0.15, 0.2) is 41.8 Å². The molecule has 2 aromatic rings. The lowest BCUT2D eigenvalue weighted by Crippen LogP contribution is -2.51. The maximum Gasteiger partial charge on any atom is 0.315 e. The van der Waals surface area contributed by atoms with E-state index >= 15 is 0 Å². The van der Waals surface area contributed by atoms with Crippen molar-refractivity contribution in [1.29, 1.82) is 0 Å². The molecule has 1 aromatic heterocycles. The number of rotatable bonds is 5. The first-order valence-electron chi connectivity index (χ1n) is 9.00. The minimum absolute atomic E-state index is 0.192. The molecule has 1 aromatic carbocycles. The predicted molar refractivity (Wildman–Crippen MR) is 106 cm³/mol. The van der Waals surface area contributed by atoms with Crippen LogP contribution in [-0.2, 0) is 0 Å². The SMILES string of the molecule is Cc1ccc(C(NC(=O)NCC2(O)CCN(C)CC2)c2cccs2)cc1. The van der Waals surface area contributed by atoms with E-state index in [0.717, 1.165) is 23.5 Å². The van der Waals surface area contributed by atoms with E-state index in [4.69, 9.17) is 0 Å². The van der Waals surface area contributed by atoms with Gasteiger partial charge in [-0.3, -0.25) is 0 Å². The third-order valence-corrected chi connectivity index (χ3v) is 5.95. The molecular weight excluding hydrogens is 346 g/mol. The summed E-state index contributed by atoms with van der Waals surface area (Å²) in [4.78, 5) is 15.8. The maximum atomic E-state index is 12.5. The Hall–Kier alpha value is -1.89. The van der Waals surface area contributed by atoms with Crippen molar-refractivity contribution in [3.05, 3.63) is 57.8 Å². The number of likely N-dealkylation sites (tertiary alicyclic amines) is 1. The smallest absolute Gasteiger partial charge is 0.315 e. The number of carbonyl (C=O) groups excluding carboxylic acids is 1. The van der Waals surface area contributed by atoms with Crippen LogP contribution in [0.25, 0.3) is 0 Å². The molecule has 2 heterocycles. The second kappa shape index (κ2) is 8.20. The molecule has 0 radical (unpaired) electrons. The highest BCUT2D eigenvalue weighted by molar-refractivity contribution is 7.10. The monoisotopic (exact) mass is 373 g/mol. The summed E-state index contributed by atoms with van der Waals surface area (Å²) in [5.74, 6) is 0. The predicted octanol–water partition coefficient (Wildman–Crippen LogP) is 2.90. The van der Waals surface area contributed by atoms with E-state index in [1.165, 1.54) is 5.56 Å². The molecule has 0 bridgehead atoms. The first-order chi connectivity index (χ1) is 12.5.